The standard InChI is InChI=1S/C15H23FN4O/c1-14(2)7-11(8-15(3,4)20-14)18-13(21)19-12-6-5-10(16)9-17-12/h5-6,9,11,20H,7-8H2,1-4H3,(H2,17,18,19,21). The van der Waals surface area contributed by atoms with Crippen LogP contribution in [0.4, 0.5) is 15.0 Å². The summed E-state index contributed by atoms with van der Waals surface area (Å²) in [5, 5.41) is 9.16. The number of anilines is 1. The maximum atomic E-state index is 12.8. The van der Waals surface area contributed by atoms with E-state index in [0.29, 0.717) is 5.82 Å². The summed E-state index contributed by atoms with van der Waals surface area (Å²) in [5.41, 5.74) is -0.0678. The quantitative estimate of drug-likeness (QED) is 0.785. The average Bonchev–Trinajstić information content (AvgIpc) is 2.27. The monoisotopic (exact) mass is 294 g/mol. The van der Waals surface area contributed by atoms with Crippen LogP contribution in [0.5, 0.6) is 0 Å². The van der Waals surface area contributed by atoms with Crippen molar-refractivity contribution in [3.8, 4) is 0 Å². The molecule has 1 aromatic heterocycles. The number of nitrogens with zero attached hydrogens (tertiary/aromatic N) is 1. The Bertz CT molecular complexity index is 497. The number of halogens is 1. The van der Waals surface area contributed by atoms with E-state index in [1.54, 1.807) is 0 Å². The molecule has 1 aromatic rings. The molecule has 1 fully saturated rings. The number of carbonyl (C=O) groups excluding carboxylic acids is 1. The maximum Gasteiger partial charge on any atom is 0.320 e. The first kappa shape index (κ1) is 15.7. The number of aromatic nitrogens is 1. The second kappa shape index (κ2) is 5.60. The lowest BCUT2D eigenvalue weighted by Crippen LogP contribution is -2.62. The van der Waals surface area contributed by atoms with E-state index in [-0.39, 0.29) is 23.2 Å². The lowest BCUT2D eigenvalue weighted by atomic mass is 9.80. The minimum atomic E-state index is -0.428. The van der Waals surface area contributed by atoms with E-state index < -0.39 is 5.82 Å². The van der Waals surface area contributed by atoms with Gasteiger partial charge in [-0.05, 0) is 52.7 Å². The summed E-state index contributed by atoms with van der Waals surface area (Å²) in [6, 6.07) is 2.47. The Morgan fingerprint density at radius 2 is 1.90 bits per heavy atom. The number of rotatable bonds is 2. The van der Waals surface area contributed by atoms with E-state index in [1.807, 2.05) is 0 Å². The molecular weight excluding hydrogens is 271 g/mol. The van der Waals surface area contributed by atoms with E-state index in [9.17, 15) is 9.18 Å². The van der Waals surface area contributed by atoms with Gasteiger partial charge in [-0.3, -0.25) is 5.32 Å². The van der Waals surface area contributed by atoms with Crippen LogP contribution in [0.25, 0.3) is 0 Å². The number of nitrogens with one attached hydrogen (secondary N) is 3. The lowest BCUT2D eigenvalue weighted by molar-refractivity contribution is 0.149. The number of hydrogen-bond acceptors (Lipinski definition) is 3. The van der Waals surface area contributed by atoms with Gasteiger partial charge in [-0.25, -0.2) is 14.2 Å². The molecular formula is C15H23FN4O. The van der Waals surface area contributed by atoms with Crippen LogP contribution in [-0.4, -0.2) is 28.1 Å². The molecule has 3 N–H and O–H groups in total. The minimum Gasteiger partial charge on any atom is -0.335 e. The predicted molar refractivity (Wildman–Crippen MR) is 80.7 cm³/mol. The molecule has 0 atom stereocenters. The van der Waals surface area contributed by atoms with E-state index in [0.717, 1.165) is 19.0 Å². The Labute approximate surface area is 124 Å². The van der Waals surface area contributed by atoms with Gasteiger partial charge < -0.3 is 10.6 Å². The number of amides is 2. The fourth-order valence-corrected chi connectivity index (χ4v) is 3.21. The molecule has 1 aliphatic rings. The summed E-state index contributed by atoms with van der Waals surface area (Å²) in [6.07, 6.45) is 2.77. The number of hydrogen-bond donors (Lipinski definition) is 3. The van der Waals surface area contributed by atoms with Crippen molar-refractivity contribution >= 4 is 11.8 Å². The highest BCUT2D eigenvalue weighted by atomic mass is 19.1. The van der Waals surface area contributed by atoms with Gasteiger partial charge >= 0.3 is 6.03 Å². The van der Waals surface area contributed by atoms with Gasteiger partial charge in [0.05, 0.1) is 6.20 Å². The normalized spacial score (nSPS) is 20.8. The Kier molecular flexibility index (Phi) is 4.18. The van der Waals surface area contributed by atoms with Gasteiger partial charge in [-0.1, -0.05) is 0 Å². The molecule has 1 saturated heterocycles. The van der Waals surface area contributed by atoms with Crippen molar-refractivity contribution in [2.75, 3.05) is 5.32 Å². The fraction of sp³-hybridized carbons (Fsp3) is 0.600. The maximum absolute atomic E-state index is 12.8. The molecule has 6 heteroatoms. The van der Waals surface area contributed by atoms with Crippen LogP contribution in [0.1, 0.15) is 40.5 Å². The van der Waals surface area contributed by atoms with Crippen molar-refractivity contribution in [1.82, 2.24) is 15.6 Å². The number of urea groups is 1. The third kappa shape index (κ3) is 4.67. The number of carbonyl (C=O) groups is 1. The van der Waals surface area contributed by atoms with Crippen LogP contribution >= 0.6 is 0 Å². The Morgan fingerprint density at radius 3 is 2.43 bits per heavy atom. The van der Waals surface area contributed by atoms with Crippen molar-refractivity contribution < 1.29 is 9.18 Å². The van der Waals surface area contributed by atoms with Crippen LogP contribution in [0.3, 0.4) is 0 Å². The van der Waals surface area contributed by atoms with Gasteiger partial charge in [0.15, 0.2) is 0 Å². The molecule has 0 spiro atoms. The molecule has 116 valence electrons. The molecule has 2 rings (SSSR count). The summed E-state index contributed by atoms with van der Waals surface area (Å²) in [7, 11) is 0. The van der Waals surface area contributed by atoms with Crippen molar-refractivity contribution in [3.05, 3.63) is 24.1 Å². The largest absolute Gasteiger partial charge is 0.335 e. The molecule has 1 aliphatic heterocycles. The molecule has 2 heterocycles. The van der Waals surface area contributed by atoms with E-state index >= 15 is 0 Å². The van der Waals surface area contributed by atoms with Crippen LogP contribution in [-0.2, 0) is 0 Å². The van der Waals surface area contributed by atoms with E-state index in [4.69, 9.17) is 0 Å². The predicted octanol–water partition coefficient (Wildman–Crippen LogP) is 2.65. The average molecular weight is 294 g/mol. The molecule has 0 unspecified atom stereocenters. The molecule has 2 amide bonds. The Balaban J connectivity index is 1.94. The first-order valence-corrected chi connectivity index (χ1v) is 7.14. The lowest BCUT2D eigenvalue weighted by Gasteiger charge is -2.46. The molecule has 0 bridgehead atoms. The minimum absolute atomic E-state index is 0.0339. The summed E-state index contributed by atoms with van der Waals surface area (Å²) < 4.78 is 12.8. The zero-order valence-corrected chi connectivity index (χ0v) is 13.0. The van der Waals surface area contributed by atoms with Gasteiger partial charge in [0.25, 0.3) is 0 Å². The van der Waals surface area contributed by atoms with Crippen molar-refractivity contribution in [3.63, 3.8) is 0 Å². The summed E-state index contributed by atoms with van der Waals surface area (Å²) in [6.45, 7) is 8.51. The van der Waals surface area contributed by atoms with Crippen molar-refractivity contribution in [2.45, 2.75) is 57.7 Å². The second-order valence-electron chi connectivity index (χ2n) is 6.96. The van der Waals surface area contributed by atoms with Crippen molar-refractivity contribution in [1.29, 1.82) is 0 Å². The van der Waals surface area contributed by atoms with Gasteiger partial charge in [0.2, 0.25) is 0 Å². The fourth-order valence-electron chi connectivity index (χ4n) is 3.21. The molecule has 0 saturated carbocycles. The zero-order chi connectivity index (χ0) is 15.7. The molecule has 5 nitrogen and oxygen atoms in total. The highest BCUT2D eigenvalue weighted by Crippen LogP contribution is 2.28. The Hall–Kier alpha value is -1.69. The first-order valence-electron chi connectivity index (χ1n) is 7.14. The first-order chi connectivity index (χ1) is 9.65. The molecule has 21 heavy (non-hydrogen) atoms. The number of pyridine rings is 1. The molecule has 0 aliphatic carbocycles. The zero-order valence-electron chi connectivity index (χ0n) is 13.0. The van der Waals surface area contributed by atoms with Crippen LogP contribution in [0.2, 0.25) is 0 Å². The van der Waals surface area contributed by atoms with Crippen LogP contribution in [0.15, 0.2) is 18.3 Å². The smallest absolute Gasteiger partial charge is 0.320 e. The van der Waals surface area contributed by atoms with Crippen LogP contribution < -0.4 is 16.0 Å². The van der Waals surface area contributed by atoms with E-state index in [2.05, 4.69) is 48.6 Å². The third-order valence-corrected chi connectivity index (χ3v) is 3.49. The SMILES string of the molecule is CC1(C)CC(NC(=O)Nc2ccc(F)cn2)CC(C)(C)N1. The van der Waals surface area contributed by atoms with Gasteiger partial charge in [0, 0.05) is 17.1 Å². The molecule has 0 radical (unpaired) electrons. The van der Waals surface area contributed by atoms with Gasteiger partial charge in [-0.15, -0.1) is 0 Å². The molecule has 0 aromatic carbocycles. The summed E-state index contributed by atoms with van der Waals surface area (Å²) >= 11 is 0. The van der Waals surface area contributed by atoms with Gasteiger partial charge in [0.1, 0.15) is 11.6 Å². The van der Waals surface area contributed by atoms with Crippen LogP contribution in [0, 0.1) is 5.82 Å². The van der Waals surface area contributed by atoms with E-state index in [1.165, 1.54) is 12.1 Å². The Morgan fingerprint density at radius 1 is 1.29 bits per heavy atom. The summed E-state index contributed by atoms with van der Waals surface area (Å²) in [5.74, 6) is -0.0934. The van der Waals surface area contributed by atoms with Crippen molar-refractivity contribution in [2.24, 2.45) is 0 Å². The second-order valence-corrected chi connectivity index (χ2v) is 6.96. The third-order valence-electron chi connectivity index (χ3n) is 3.49. The number of piperidine rings is 1. The topological polar surface area (TPSA) is 66.0 Å². The highest BCUT2D eigenvalue weighted by molar-refractivity contribution is 5.88. The highest BCUT2D eigenvalue weighted by Gasteiger charge is 2.38. The van der Waals surface area contributed by atoms with Gasteiger partial charge in [-0.2, -0.15) is 0 Å². The summed E-state index contributed by atoms with van der Waals surface area (Å²) in [4.78, 5) is 15.8.